The number of hydrogen-bond acceptors (Lipinski definition) is 5. The molecule has 1 aliphatic heterocycles. The van der Waals surface area contributed by atoms with Gasteiger partial charge in [0, 0.05) is 18.7 Å². The van der Waals surface area contributed by atoms with Crippen LogP contribution in [-0.4, -0.2) is 23.7 Å². The van der Waals surface area contributed by atoms with Crippen LogP contribution in [0.3, 0.4) is 0 Å². The maximum absolute atomic E-state index is 5.99. The van der Waals surface area contributed by atoms with Gasteiger partial charge in [-0.3, -0.25) is 0 Å². The SMILES string of the molecule is COCc1nc(Cl)cc(NC2COc3ccccc32)n1. The van der Waals surface area contributed by atoms with Gasteiger partial charge in [-0.1, -0.05) is 29.8 Å². The molecule has 5 nitrogen and oxygen atoms in total. The summed E-state index contributed by atoms with van der Waals surface area (Å²) in [5, 5.41) is 3.71. The van der Waals surface area contributed by atoms with Crippen LogP contribution in [-0.2, 0) is 11.3 Å². The van der Waals surface area contributed by atoms with Crippen molar-refractivity contribution in [2.45, 2.75) is 12.6 Å². The fourth-order valence-corrected chi connectivity index (χ4v) is 2.39. The summed E-state index contributed by atoms with van der Waals surface area (Å²) in [5.74, 6) is 2.12. The molecule has 0 saturated carbocycles. The summed E-state index contributed by atoms with van der Waals surface area (Å²) in [6, 6.07) is 9.71. The number of rotatable bonds is 4. The normalized spacial score (nSPS) is 16.6. The Balaban J connectivity index is 1.82. The number of benzene rings is 1. The lowest BCUT2D eigenvalue weighted by atomic mass is 10.1. The van der Waals surface area contributed by atoms with E-state index in [4.69, 9.17) is 21.1 Å². The Labute approximate surface area is 121 Å². The van der Waals surface area contributed by atoms with Gasteiger partial charge in [-0.15, -0.1) is 0 Å². The van der Waals surface area contributed by atoms with E-state index in [1.165, 1.54) is 0 Å². The number of hydrogen-bond donors (Lipinski definition) is 1. The van der Waals surface area contributed by atoms with Crippen LogP contribution < -0.4 is 10.1 Å². The highest BCUT2D eigenvalue weighted by molar-refractivity contribution is 6.29. The second kappa shape index (κ2) is 5.64. The first-order chi connectivity index (χ1) is 9.76. The van der Waals surface area contributed by atoms with Crippen molar-refractivity contribution in [3.8, 4) is 5.75 Å². The fraction of sp³-hybridized carbons (Fsp3) is 0.286. The Morgan fingerprint density at radius 1 is 1.40 bits per heavy atom. The predicted octanol–water partition coefficient (Wildman–Crippen LogP) is 2.82. The monoisotopic (exact) mass is 291 g/mol. The molecule has 0 fully saturated rings. The van der Waals surface area contributed by atoms with E-state index in [0.717, 1.165) is 11.3 Å². The third-order valence-electron chi connectivity index (χ3n) is 3.04. The molecule has 1 atom stereocenters. The molecule has 0 saturated heterocycles. The molecule has 104 valence electrons. The highest BCUT2D eigenvalue weighted by Crippen LogP contribution is 2.33. The molecule has 1 unspecified atom stereocenters. The molecule has 1 aromatic carbocycles. The molecule has 1 aliphatic rings. The molecule has 20 heavy (non-hydrogen) atoms. The van der Waals surface area contributed by atoms with E-state index in [9.17, 15) is 0 Å². The van der Waals surface area contributed by atoms with Crippen molar-refractivity contribution in [3.05, 3.63) is 46.9 Å². The number of anilines is 1. The minimum absolute atomic E-state index is 0.0626. The van der Waals surface area contributed by atoms with Gasteiger partial charge in [-0.2, -0.15) is 0 Å². The largest absolute Gasteiger partial charge is 0.491 e. The van der Waals surface area contributed by atoms with Gasteiger partial charge in [0.2, 0.25) is 0 Å². The number of nitrogens with zero attached hydrogens (tertiary/aromatic N) is 2. The smallest absolute Gasteiger partial charge is 0.158 e. The van der Waals surface area contributed by atoms with E-state index < -0.39 is 0 Å². The van der Waals surface area contributed by atoms with Crippen molar-refractivity contribution in [1.29, 1.82) is 0 Å². The first-order valence-electron chi connectivity index (χ1n) is 6.27. The van der Waals surface area contributed by atoms with Crippen molar-refractivity contribution in [3.63, 3.8) is 0 Å². The van der Waals surface area contributed by atoms with Gasteiger partial charge >= 0.3 is 0 Å². The van der Waals surface area contributed by atoms with Crippen LogP contribution in [0.15, 0.2) is 30.3 Å². The Morgan fingerprint density at radius 3 is 3.10 bits per heavy atom. The molecule has 0 spiro atoms. The maximum atomic E-state index is 5.99. The second-order valence-corrected chi connectivity index (χ2v) is 4.86. The van der Waals surface area contributed by atoms with Gasteiger partial charge in [0.25, 0.3) is 0 Å². The topological polar surface area (TPSA) is 56.3 Å². The quantitative estimate of drug-likeness (QED) is 0.878. The minimum Gasteiger partial charge on any atom is -0.491 e. The minimum atomic E-state index is 0.0626. The van der Waals surface area contributed by atoms with Gasteiger partial charge in [-0.25, -0.2) is 9.97 Å². The van der Waals surface area contributed by atoms with E-state index in [1.807, 2.05) is 24.3 Å². The van der Waals surface area contributed by atoms with Crippen molar-refractivity contribution in [1.82, 2.24) is 9.97 Å². The summed E-state index contributed by atoms with van der Waals surface area (Å²) in [7, 11) is 1.60. The van der Waals surface area contributed by atoms with Crippen LogP contribution in [0.5, 0.6) is 5.75 Å². The Kier molecular flexibility index (Phi) is 3.71. The first kappa shape index (κ1) is 13.1. The average Bonchev–Trinajstić information content (AvgIpc) is 2.82. The predicted molar refractivity (Wildman–Crippen MR) is 76.1 cm³/mol. The molecule has 1 N–H and O–H groups in total. The molecule has 0 amide bonds. The molecule has 0 aliphatic carbocycles. The van der Waals surface area contributed by atoms with Gasteiger partial charge in [0.1, 0.15) is 29.9 Å². The third kappa shape index (κ3) is 2.69. The zero-order valence-corrected chi connectivity index (χ0v) is 11.7. The van der Waals surface area contributed by atoms with Crippen LogP contribution >= 0.6 is 11.6 Å². The lowest BCUT2D eigenvalue weighted by Crippen LogP contribution is -2.14. The third-order valence-corrected chi connectivity index (χ3v) is 3.23. The number of fused-ring (bicyclic) bond motifs is 1. The number of methoxy groups -OCH3 is 1. The van der Waals surface area contributed by atoms with Crippen LogP contribution in [0.2, 0.25) is 5.15 Å². The first-order valence-corrected chi connectivity index (χ1v) is 6.64. The summed E-state index contributed by atoms with van der Waals surface area (Å²) >= 11 is 5.99. The second-order valence-electron chi connectivity index (χ2n) is 4.47. The van der Waals surface area contributed by atoms with E-state index in [0.29, 0.717) is 30.0 Å². The maximum Gasteiger partial charge on any atom is 0.158 e. The molecule has 1 aromatic heterocycles. The highest BCUT2D eigenvalue weighted by atomic mass is 35.5. The van der Waals surface area contributed by atoms with Gasteiger partial charge in [0.05, 0.1) is 6.04 Å². The molecular formula is C14H14ClN3O2. The fourth-order valence-electron chi connectivity index (χ4n) is 2.19. The zero-order valence-electron chi connectivity index (χ0n) is 11.0. The molecular weight excluding hydrogens is 278 g/mol. The number of nitrogens with one attached hydrogen (secondary N) is 1. The summed E-state index contributed by atoms with van der Waals surface area (Å²) in [6.07, 6.45) is 0. The summed E-state index contributed by atoms with van der Waals surface area (Å²) in [4.78, 5) is 8.47. The van der Waals surface area contributed by atoms with E-state index in [-0.39, 0.29) is 6.04 Å². The van der Waals surface area contributed by atoms with Crippen LogP contribution in [0.4, 0.5) is 5.82 Å². The van der Waals surface area contributed by atoms with Crippen LogP contribution in [0.1, 0.15) is 17.4 Å². The molecule has 2 heterocycles. The summed E-state index contributed by atoms with van der Waals surface area (Å²) in [5.41, 5.74) is 1.12. The summed E-state index contributed by atoms with van der Waals surface area (Å²) < 4.78 is 10.7. The number of aromatic nitrogens is 2. The molecule has 0 bridgehead atoms. The lowest BCUT2D eigenvalue weighted by molar-refractivity contribution is 0.178. The van der Waals surface area contributed by atoms with Crippen molar-refractivity contribution < 1.29 is 9.47 Å². The lowest BCUT2D eigenvalue weighted by Gasteiger charge is -2.13. The Hall–Kier alpha value is -1.85. The van der Waals surface area contributed by atoms with Crippen LogP contribution in [0, 0.1) is 0 Å². The Morgan fingerprint density at radius 2 is 2.25 bits per heavy atom. The number of ether oxygens (including phenoxy) is 2. The zero-order chi connectivity index (χ0) is 13.9. The number of para-hydroxylation sites is 1. The van der Waals surface area contributed by atoms with Gasteiger partial charge < -0.3 is 14.8 Å². The van der Waals surface area contributed by atoms with Crippen LogP contribution in [0.25, 0.3) is 0 Å². The standard InChI is InChI=1S/C14H14ClN3O2/c1-19-8-14-17-12(15)6-13(18-14)16-10-7-20-11-5-3-2-4-9(10)11/h2-6,10H,7-8H2,1H3,(H,16,17,18). The van der Waals surface area contributed by atoms with Gasteiger partial charge in [-0.05, 0) is 6.07 Å². The van der Waals surface area contributed by atoms with Crippen molar-refractivity contribution in [2.24, 2.45) is 0 Å². The average molecular weight is 292 g/mol. The molecule has 2 aromatic rings. The number of halogens is 1. The van der Waals surface area contributed by atoms with Crippen molar-refractivity contribution in [2.75, 3.05) is 19.0 Å². The molecule has 3 rings (SSSR count). The Bertz CT molecular complexity index is 621. The van der Waals surface area contributed by atoms with Crippen molar-refractivity contribution >= 4 is 17.4 Å². The molecule has 0 radical (unpaired) electrons. The van der Waals surface area contributed by atoms with Gasteiger partial charge in [0.15, 0.2) is 5.82 Å². The summed E-state index contributed by atoms with van der Waals surface area (Å²) in [6.45, 7) is 0.896. The van der Waals surface area contributed by atoms with E-state index in [1.54, 1.807) is 13.2 Å². The highest BCUT2D eigenvalue weighted by Gasteiger charge is 2.23. The van der Waals surface area contributed by atoms with E-state index in [2.05, 4.69) is 15.3 Å². The molecule has 6 heteroatoms. The van der Waals surface area contributed by atoms with E-state index >= 15 is 0 Å².